The average molecular weight is 510 g/mol. The normalized spacial score (nSPS) is 17.2. The number of alkyl halides is 3. The summed E-state index contributed by atoms with van der Waals surface area (Å²) in [6, 6.07) is 0. The van der Waals surface area contributed by atoms with Crippen LogP contribution in [0, 0.1) is 11.3 Å². The Labute approximate surface area is 211 Å². The molecular formula is C25H38F3N7O. The van der Waals surface area contributed by atoms with Crippen LogP contribution in [-0.2, 0) is 6.54 Å². The van der Waals surface area contributed by atoms with E-state index in [1.807, 2.05) is 19.9 Å². The van der Waals surface area contributed by atoms with E-state index in [0.29, 0.717) is 29.9 Å². The van der Waals surface area contributed by atoms with Gasteiger partial charge in [0.2, 0.25) is 11.8 Å². The third kappa shape index (κ3) is 11.9. The number of likely N-dealkylation sites (tertiary alicyclic amines) is 1. The summed E-state index contributed by atoms with van der Waals surface area (Å²) in [6.45, 7) is 7.61. The van der Waals surface area contributed by atoms with Gasteiger partial charge in [0.05, 0.1) is 12.2 Å². The van der Waals surface area contributed by atoms with E-state index in [9.17, 15) is 13.2 Å². The molecule has 1 aromatic rings. The summed E-state index contributed by atoms with van der Waals surface area (Å²) < 4.78 is 38.0. The predicted octanol–water partition coefficient (Wildman–Crippen LogP) is 4.66. The fourth-order valence-corrected chi connectivity index (χ4v) is 3.08. The largest absolute Gasteiger partial charge is 0.419 e. The van der Waals surface area contributed by atoms with Gasteiger partial charge in [-0.15, -0.1) is 10.2 Å². The van der Waals surface area contributed by atoms with Crippen LogP contribution in [0.2, 0.25) is 0 Å². The molecule has 0 aromatic carbocycles. The van der Waals surface area contributed by atoms with Crippen molar-refractivity contribution in [2.24, 2.45) is 17.4 Å². The van der Waals surface area contributed by atoms with Crippen LogP contribution in [0.5, 0.6) is 0 Å². The van der Waals surface area contributed by atoms with E-state index in [4.69, 9.17) is 21.3 Å². The molecule has 6 N–H and O–H groups in total. The van der Waals surface area contributed by atoms with E-state index >= 15 is 0 Å². The lowest BCUT2D eigenvalue weighted by Crippen LogP contribution is -2.29. The van der Waals surface area contributed by atoms with E-state index in [-0.39, 0.29) is 0 Å². The molecular weight excluding hydrogens is 471 g/mol. The molecule has 0 aliphatic carbocycles. The molecule has 1 aliphatic rings. The van der Waals surface area contributed by atoms with Crippen molar-refractivity contribution in [2.45, 2.75) is 52.8 Å². The maximum atomic E-state index is 10.8. The zero-order valence-electron chi connectivity index (χ0n) is 21.4. The van der Waals surface area contributed by atoms with E-state index in [1.54, 1.807) is 6.20 Å². The minimum Gasteiger partial charge on any atom is -0.419 e. The number of rotatable bonds is 9. The summed E-state index contributed by atoms with van der Waals surface area (Å²) in [5.41, 5.74) is 14.5. The first-order valence-electron chi connectivity index (χ1n) is 11.7. The number of nitrogens with two attached hydrogens (primary N) is 2. The fourth-order valence-electron chi connectivity index (χ4n) is 3.08. The lowest BCUT2D eigenvalue weighted by atomic mass is 9.96. The monoisotopic (exact) mass is 509 g/mol. The van der Waals surface area contributed by atoms with Gasteiger partial charge in [0, 0.05) is 30.6 Å². The van der Waals surface area contributed by atoms with Gasteiger partial charge < -0.3 is 31.5 Å². The predicted molar refractivity (Wildman–Crippen MR) is 138 cm³/mol. The summed E-state index contributed by atoms with van der Waals surface area (Å²) in [7, 11) is 2.17. The van der Waals surface area contributed by atoms with Gasteiger partial charge in [-0.05, 0) is 70.0 Å². The molecule has 8 nitrogen and oxygen atoms in total. The number of nitrogens with zero attached hydrogens (tertiary/aromatic N) is 3. The molecule has 0 unspecified atom stereocenters. The van der Waals surface area contributed by atoms with Crippen LogP contribution < -0.4 is 16.8 Å². The second-order valence-electron chi connectivity index (χ2n) is 8.41. The third-order valence-electron chi connectivity index (χ3n) is 5.48. The molecule has 1 saturated heterocycles. The van der Waals surface area contributed by atoms with Gasteiger partial charge in [0.1, 0.15) is 0 Å². The lowest BCUT2D eigenvalue weighted by Gasteiger charge is -2.26. The third-order valence-corrected chi connectivity index (χ3v) is 5.48. The smallest absolute Gasteiger partial charge is 0.388 e. The van der Waals surface area contributed by atoms with Crippen molar-refractivity contribution in [3.63, 3.8) is 0 Å². The van der Waals surface area contributed by atoms with Crippen molar-refractivity contribution in [1.29, 1.82) is 5.41 Å². The fraction of sp³-hybridized carbons (Fsp3) is 0.480. The Morgan fingerprint density at radius 1 is 1.19 bits per heavy atom. The SMILES string of the molecule is CC(=C/C=C\C1CCN(C)CC1)/C(=C/N)/C=C(\C)c1nnc(CN/C(C=N)=C/N)o1.CCC(F)(F)F. The molecule has 0 saturated carbocycles. The van der Waals surface area contributed by atoms with Gasteiger partial charge in [-0.3, -0.25) is 0 Å². The first-order chi connectivity index (χ1) is 17.0. The van der Waals surface area contributed by atoms with Gasteiger partial charge in [0.25, 0.3) is 0 Å². The second-order valence-corrected chi connectivity index (χ2v) is 8.41. The van der Waals surface area contributed by atoms with Gasteiger partial charge in [0.15, 0.2) is 0 Å². The molecule has 0 atom stereocenters. The highest BCUT2D eigenvalue weighted by molar-refractivity contribution is 5.74. The Balaban J connectivity index is 0.000000960. The van der Waals surface area contributed by atoms with Gasteiger partial charge in [-0.2, -0.15) is 13.2 Å². The summed E-state index contributed by atoms with van der Waals surface area (Å²) in [5, 5.41) is 18.3. The van der Waals surface area contributed by atoms with E-state index in [2.05, 4.69) is 45.7 Å². The zero-order valence-corrected chi connectivity index (χ0v) is 21.4. The van der Waals surface area contributed by atoms with Gasteiger partial charge in [-0.25, -0.2) is 0 Å². The summed E-state index contributed by atoms with van der Waals surface area (Å²) in [6.07, 6.45) is 10.2. The quantitative estimate of drug-likeness (QED) is 0.281. The molecule has 1 aliphatic heterocycles. The van der Waals surface area contributed by atoms with Crippen molar-refractivity contribution in [1.82, 2.24) is 20.4 Å². The molecule has 1 aromatic heterocycles. The number of allylic oxidation sites excluding steroid dienone is 8. The van der Waals surface area contributed by atoms with Crippen LogP contribution in [0.25, 0.3) is 5.57 Å². The van der Waals surface area contributed by atoms with Crippen LogP contribution in [0.3, 0.4) is 0 Å². The van der Waals surface area contributed by atoms with Crippen LogP contribution in [0.4, 0.5) is 13.2 Å². The molecule has 0 amide bonds. The molecule has 11 heteroatoms. The van der Waals surface area contributed by atoms with Crippen molar-refractivity contribution in [3.05, 3.63) is 65.3 Å². The molecule has 36 heavy (non-hydrogen) atoms. The summed E-state index contributed by atoms with van der Waals surface area (Å²) >= 11 is 0. The van der Waals surface area contributed by atoms with E-state index in [0.717, 1.165) is 42.9 Å². The molecule has 0 spiro atoms. The standard InChI is InChI=1S/C22H33N7O.C3H5F3/c1-16(5-4-6-18-7-9-29(3)10-8-18)19(12-23)11-17(2)22-28-27-21(30-22)15-26-20(13-24)14-25;1-2-3(4,5)6/h4-6,11-14,18,24,26H,7-10,15,23,25H2,1-3H3;2H2,1H3/b6-4-,16-5-,17-11+,19-12+,20-14+,24-13?;. The summed E-state index contributed by atoms with van der Waals surface area (Å²) in [5.74, 6) is 1.47. The Hall–Kier alpha value is -3.34. The van der Waals surface area contributed by atoms with Crippen molar-refractivity contribution in [3.8, 4) is 0 Å². The number of aromatic nitrogens is 2. The number of halogens is 3. The highest BCUT2D eigenvalue weighted by Crippen LogP contribution is 2.20. The average Bonchev–Trinajstić information content (AvgIpc) is 3.33. The zero-order chi connectivity index (χ0) is 27.1. The molecule has 2 heterocycles. The maximum Gasteiger partial charge on any atom is 0.388 e. The van der Waals surface area contributed by atoms with Crippen molar-refractivity contribution < 1.29 is 17.6 Å². The van der Waals surface area contributed by atoms with Crippen molar-refractivity contribution >= 4 is 11.8 Å². The minimum atomic E-state index is -3.96. The van der Waals surface area contributed by atoms with Gasteiger partial charge in [-0.1, -0.05) is 25.2 Å². The molecule has 200 valence electrons. The van der Waals surface area contributed by atoms with Crippen LogP contribution >= 0.6 is 0 Å². The van der Waals surface area contributed by atoms with Crippen molar-refractivity contribution in [2.75, 3.05) is 20.1 Å². The number of hydrogen-bond acceptors (Lipinski definition) is 8. The molecule has 1 fully saturated rings. The minimum absolute atomic E-state index is 0.291. The Morgan fingerprint density at radius 3 is 2.36 bits per heavy atom. The van der Waals surface area contributed by atoms with Crippen LogP contribution in [0.15, 0.2) is 58.0 Å². The van der Waals surface area contributed by atoms with Crippen LogP contribution in [-0.4, -0.2) is 47.6 Å². The topological polar surface area (TPSA) is 130 Å². The first-order valence-corrected chi connectivity index (χ1v) is 11.7. The number of hydrogen-bond donors (Lipinski definition) is 4. The molecule has 0 radical (unpaired) electrons. The van der Waals surface area contributed by atoms with Gasteiger partial charge >= 0.3 is 6.18 Å². The van der Waals surface area contributed by atoms with E-state index < -0.39 is 12.6 Å². The highest BCUT2D eigenvalue weighted by atomic mass is 19.4. The lowest BCUT2D eigenvalue weighted by molar-refractivity contribution is -0.130. The number of nitrogens with one attached hydrogen (secondary N) is 2. The summed E-state index contributed by atoms with van der Waals surface area (Å²) in [4.78, 5) is 2.37. The second kappa shape index (κ2) is 15.6. The van der Waals surface area contributed by atoms with E-state index in [1.165, 1.54) is 19.0 Å². The number of piperidine rings is 1. The first kappa shape index (κ1) is 30.7. The maximum absolute atomic E-state index is 10.8. The Kier molecular flexibility index (Phi) is 13.3. The molecule has 2 rings (SSSR count). The molecule has 0 bridgehead atoms. The van der Waals surface area contributed by atoms with Crippen LogP contribution in [0.1, 0.15) is 51.8 Å². The Bertz CT molecular complexity index is 967. The Morgan fingerprint density at radius 2 is 1.83 bits per heavy atom. The highest BCUT2D eigenvalue weighted by Gasteiger charge is 2.22.